The number of nitrogens with two attached hydrogens (primary N) is 2. The van der Waals surface area contributed by atoms with Crippen LogP contribution in [-0.2, 0) is 16.6 Å². The second kappa shape index (κ2) is 4.17. The first kappa shape index (κ1) is 12.0. The van der Waals surface area contributed by atoms with Crippen molar-refractivity contribution in [3.8, 4) is 0 Å². The molecule has 1 aromatic rings. The fourth-order valence-electron chi connectivity index (χ4n) is 1.14. The number of sulfonamides is 1. The maximum atomic E-state index is 12.6. The molecule has 0 saturated heterocycles. The van der Waals surface area contributed by atoms with Crippen LogP contribution >= 0.6 is 0 Å². The first-order chi connectivity index (χ1) is 6.88. The van der Waals surface area contributed by atoms with E-state index in [4.69, 9.17) is 10.9 Å². The molecule has 0 radical (unpaired) electrons. The topological polar surface area (TPSA) is 99.1 Å². The molecule has 0 aromatic carbocycles. The number of hydrogen-bond acceptors (Lipinski definition) is 4. The van der Waals surface area contributed by atoms with Crippen LogP contribution in [-0.4, -0.2) is 13.4 Å². The summed E-state index contributed by atoms with van der Waals surface area (Å²) in [6.45, 7) is -0.275. The highest BCUT2D eigenvalue weighted by molar-refractivity contribution is 7.89. The minimum absolute atomic E-state index is 0.170. The van der Waals surface area contributed by atoms with E-state index in [1.54, 1.807) is 0 Å². The van der Waals surface area contributed by atoms with Gasteiger partial charge in [-0.05, 0) is 6.07 Å². The quantitative estimate of drug-likeness (QED) is 0.780. The van der Waals surface area contributed by atoms with Crippen molar-refractivity contribution in [2.24, 2.45) is 10.9 Å². The summed E-state index contributed by atoms with van der Waals surface area (Å²) >= 11 is 0. The van der Waals surface area contributed by atoms with E-state index < -0.39 is 26.9 Å². The van der Waals surface area contributed by atoms with Gasteiger partial charge in [0.25, 0.3) is 6.43 Å². The van der Waals surface area contributed by atoms with Gasteiger partial charge < -0.3 is 5.73 Å². The molecule has 4 N–H and O–H groups in total. The highest BCUT2D eigenvalue weighted by Crippen LogP contribution is 2.27. The van der Waals surface area contributed by atoms with Gasteiger partial charge in [-0.1, -0.05) is 0 Å². The number of hydrogen-bond donors (Lipinski definition) is 2. The predicted molar refractivity (Wildman–Crippen MR) is 48.5 cm³/mol. The van der Waals surface area contributed by atoms with E-state index in [0.29, 0.717) is 0 Å². The van der Waals surface area contributed by atoms with Crippen LogP contribution in [0.25, 0.3) is 0 Å². The first-order valence-electron chi connectivity index (χ1n) is 3.86. The Morgan fingerprint density at radius 1 is 1.47 bits per heavy atom. The van der Waals surface area contributed by atoms with Crippen LogP contribution in [0.1, 0.15) is 17.7 Å². The predicted octanol–water partition coefficient (Wildman–Crippen LogP) is 0.125. The second-order valence-corrected chi connectivity index (χ2v) is 4.25. The maximum Gasteiger partial charge on any atom is 0.266 e. The van der Waals surface area contributed by atoms with Crippen LogP contribution in [0.5, 0.6) is 0 Å². The monoisotopic (exact) mass is 237 g/mol. The van der Waals surface area contributed by atoms with Crippen LogP contribution < -0.4 is 10.9 Å². The number of alkyl halides is 2. The van der Waals surface area contributed by atoms with Gasteiger partial charge >= 0.3 is 0 Å². The Kier molecular flexibility index (Phi) is 3.32. The Bertz CT molecular complexity index is 461. The highest BCUT2D eigenvalue weighted by atomic mass is 32.2. The van der Waals surface area contributed by atoms with Crippen molar-refractivity contribution in [2.75, 3.05) is 0 Å². The van der Waals surface area contributed by atoms with Crippen LogP contribution in [0.4, 0.5) is 8.78 Å². The van der Waals surface area contributed by atoms with E-state index in [0.717, 1.165) is 12.3 Å². The molecule has 0 aliphatic carbocycles. The molecule has 5 nitrogen and oxygen atoms in total. The minimum Gasteiger partial charge on any atom is -0.325 e. The summed E-state index contributed by atoms with van der Waals surface area (Å²) in [5.74, 6) is 0. The number of nitrogens with zero attached hydrogens (tertiary/aromatic N) is 1. The summed E-state index contributed by atoms with van der Waals surface area (Å²) in [7, 11) is -4.19. The lowest BCUT2D eigenvalue weighted by Gasteiger charge is -2.10. The third-order valence-electron chi connectivity index (χ3n) is 1.75. The van der Waals surface area contributed by atoms with Crippen molar-refractivity contribution in [3.05, 3.63) is 23.5 Å². The van der Waals surface area contributed by atoms with Crippen LogP contribution in [0.15, 0.2) is 17.2 Å². The van der Waals surface area contributed by atoms with Gasteiger partial charge in [0, 0.05) is 12.7 Å². The average Bonchev–Trinajstić information content (AvgIpc) is 2.15. The van der Waals surface area contributed by atoms with Crippen molar-refractivity contribution in [2.45, 2.75) is 17.9 Å². The molecular weight excluding hydrogens is 228 g/mol. The van der Waals surface area contributed by atoms with Crippen molar-refractivity contribution in [3.63, 3.8) is 0 Å². The van der Waals surface area contributed by atoms with E-state index in [1.807, 2.05) is 0 Å². The van der Waals surface area contributed by atoms with Gasteiger partial charge in [0.1, 0.15) is 0 Å². The van der Waals surface area contributed by atoms with E-state index in [2.05, 4.69) is 4.98 Å². The molecular formula is C7H9F2N3O2S. The molecule has 0 spiro atoms. The Morgan fingerprint density at radius 3 is 2.47 bits per heavy atom. The van der Waals surface area contributed by atoms with Gasteiger partial charge in [-0.3, -0.25) is 4.98 Å². The smallest absolute Gasteiger partial charge is 0.266 e. The molecule has 8 heteroatoms. The fraction of sp³-hybridized carbons (Fsp3) is 0.286. The van der Waals surface area contributed by atoms with Crippen molar-refractivity contribution in [1.29, 1.82) is 0 Å². The van der Waals surface area contributed by atoms with Gasteiger partial charge in [-0.25, -0.2) is 22.3 Å². The maximum absolute atomic E-state index is 12.6. The second-order valence-electron chi connectivity index (χ2n) is 2.72. The Hall–Kier alpha value is -1.12. The SMILES string of the molecule is NCc1nccc(S(N)(=O)=O)c1C(F)F. The van der Waals surface area contributed by atoms with E-state index in [1.165, 1.54) is 0 Å². The number of rotatable bonds is 3. The minimum atomic E-state index is -4.19. The van der Waals surface area contributed by atoms with E-state index >= 15 is 0 Å². The van der Waals surface area contributed by atoms with Crippen LogP contribution in [0.2, 0.25) is 0 Å². The molecule has 0 bridgehead atoms. The third kappa shape index (κ3) is 2.46. The van der Waals surface area contributed by atoms with E-state index in [9.17, 15) is 17.2 Å². The van der Waals surface area contributed by atoms with Gasteiger partial charge in [0.05, 0.1) is 16.2 Å². The number of aromatic nitrogens is 1. The third-order valence-corrected chi connectivity index (χ3v) is 2.72. The lowest BCUT2D eigenvalue weighted by molar-refractivity contribution is 0.146. The summed E-state index contributed by atoms with van der Waals surface area (Å²) in [4.78, 5) is 2.94. The first-order valence-corrected chi connectivity index (χ1v) is 5.41. The molecule has 0 atom stereocenters. The van der Waals surface area contributed by atoms with Gasteiger partial charge in [0.15, 0.2) is 0 Å². The molecule has 1 aromatic heterocycles. The number of halogens is 2. The zero-order valence-corrected chi connectivity index (χ0v) is 8.34. The fourth-order valence-corrected chi connectivity index (χ4v) is 1.90. The zero-order chi connectivity index (χ0) is 11.6. The highest BCUT2D eigenvalue weighted by Gasteiger charge is 2.24. The Labute approximate surface area is 85.2 Å². The molecule has 0 amide bonds. The Morgan fingerprint density at radius 2 is 2.07 bits per heavy atom. The molecule has 0 saturated carbocycles. The van der Waals surface area contributed by atoms with Gasteiger partial charge in [-0.2, -0.15) is 0 Å². The summed E-state index contributed by atoms with van der Waals surface area (Å²) < 4.78 is 47.2. The summed E-state index contributed by atoms with van der Waals surface area (Å²) in [6, 6.07) is 0.927. The van der Waals surface area contributed by atoms with Crippen LogP contribution in [0.3, 0.4) is 0 Å². The van der Waals surface area contributed by atoms with Gasteiger partial charge in [0.2, 0.25) is 10.0 Å². The summed E-state index contributed by atoms with van der Waals surface area (Å²) in [5, 5.41) is 4.79. The lowest BCUT2D eigenvalue weighted by Crippen LogP contribution is -2.17. The molecule has 0 aliphatic rings. The van der Waals surface area contributed by atoms with Gasteiger partial charge in [-0.15, -0.1) is 0 Å². The largest absolute Gasteiger partial charge is 0.325 e. The van der Waals surface area contributed by atoms with E-state index in [-0.39, 0.29) is 12.2 Å². The van der Waals surface area contributed by atoms with Crippen molar-refractivity contribution < 1.29 is 17.2 Å². The van der Waals surface area contributed by atoms with Crippen LogP contribution in [0, 0.1) is 0 Å². The molecule has 15 heavy (non-hydrogen) atoms. The number of pyridine rings is 1. The standard InChI is InChI=1S/C7H9F2N3O2S/c8-7(9)6-4(3-10)12-2-1-5(6)15(11,13)14/h1-2,7H,3,10H2,(H2,11,13,14). The molecule has 0 aliphatic heterocycles. The normalized spacial score (nSPS) is 12.1. The Balaban J connectivity index is 3.53. The molecule has 0 unspecified atom stereocenters. The number of primary sulfonamides is 1. The molecule has 1 heterocycles. The van der Waals surface area contributed by atoms with Crippen molar-refractivity contribution >= 4 is 10.0 Å². The lowest BCUT2D eigenvalue weighted by atomic mass is 10.2. The molecule has 84 valence electrons. The van der Waals surface area contributed by atoms with Crippen molar-refractivity contribution in [1.82, 2.24) is 4.98 Å². The summed E-state index contributed by atoms with van der Waals surface area (Å²) in [5.41, 5.74) is 4.28. The molecule has 1 rings (SSSR count). The molecule has 0 fully saturated rings. The average molecular weight is 237 g/mol. The summed E-state index contributed by atoms with van der Waals surface area (Å²) in [6.07, 6.45) is -1.90. The zero-order valence-electron chi connectivity index (χ0n) is 7.52.